The molecule has 0 N–H and O–H groups in total. The van der Waals surface area contributed by atoms with Crippen LogP contribution in [0.5, 0.6) is 0 Å². The SMILES string of the molecule is C.C.C.C.CCC(c1ccccc1)C1C(=O)N(C[N+](C)(C)C)C(=O)C1C. The smallest absolute Gasteiger partial charge is 0.238 e. The van der Waals surface area contributed by atoms with Crippen LogP contribution in [0.4, 0.5) is 0 Å². The number of nitrogens with zero attached hydrogens (tertiary/aromatic N) is 2. The highest BCUT2D eigenvalue weighted by Crippen LogP contribution is 2.39. The molecule has 1 fully saturated rings. The fraction of sp³-hybridized carbons (Fsp3) is 0.636. The van der Waals surface area contributed by atoms with E-state index < -0.39 is 0 Å². The standard InChI is InChI=1S/C18H27N2O2.4CH4/c1-6-15(14-10-8-7-9-11-14)16-13(2)17(21)19(18(16)22)12-20(3,4)5;;;;/h7-11,13,15-16H,6,12H2,1-5H3;4*1H4/q+1;;;;. The molecule has 3 unspecified atom stereocenters. The van der Waals surface area contributed by atoms with Gasteiger partial charge < -0.3 is 4.48 Å². The summed E-state index contributed by atoms with van der Waals surface area (Å²) in [5.74, 6) is -0.431. The van der Waals surface area contributed by atoms with Gasteiger partial charge in [-0.25, -0.2) is 4.90 Å². The highest BCUT2D eigenvalue weighted by molar-refractivity contribution is 6.05. The molecule has 2 rings (SSSR count). The second kappa shape index (κ2) is 11.1. The molecule has 152 valence electrons. The molecule has 1 aromatic rings. The number of imide groups is 1. The van der Waals surface area contributed by atoms with E-state index in [0.717, 1.165) is 12.0 Å². The average Bonchev–Trinajstić information content (AvgIpc) is 2.66. The third kappa shape index (κ3) is 5.94. The van der Waals surface area contributed by atoms with Gasteiger partial charge in [0.1, 0.15) is 0 Å². The maximum Gasteiger partial charge on any atom is 0.238 e. The minimum atomic E-state index is -0.246. The zero-order valence-electron chi connectivity index (χ0n) is 14.2. The van der Waals surface area contributed by atoms with Crippen molar-refractivity contribution in [1.29, 1.82) is 0 Å². The van der Waals surface area contributed by atoms with Crippen molar-refractivity contribution in [2.45, 2.75) is 55.9 Å². The van der Waals surface area contributed by atoms with Crippen LogP contribution < -0.4 is 0 Å². The van der Waals surface area contributed by atoms with Gasteiger partial charge >= 0.3 is 0 Å². The first-order valence-electron chi connectivity index (χ1n) is 7.97. The Morgan fingerprint density at radius 3 is 1.88 bits per heavy atom. The van der Waals surface area contributed by atoms with Crippen LogP contribution in [-0.4, -0.2) is 49.0 Å². The number of carbonyl (C=O) groups excluding carboxylic acids is 2. The van der Waals surface area contributed by atoms with Gasteiger partial charge in [-0.1, -0.05) is 73.9 Å². The Kier molecular flexibility index (Phi) is 12.4. The highest BCUT2D eigenvalue weighted by atomic mass is 16.2. The fourth-order valence-electron chi connectivity index (χ4n) is 3.38. The van der Waals surface area contributed by atoms with Crippen molar-refractivity contribution in [3.63, 3.8) is 0 Å². The van der Waals surface area contributed by atoms with Gasteiger partial charge in [-0.2, -0.15) is 0 Å². The van der Waals surface area contributed by atoms with E-state index in [1.54, 1.807) is 0 Å². The third-order valence-electron chi connectivity index (χ3n) is 4.41. The molecule has 0 spiro atoms. The molecule has 1 aliphatic rings. The van der Waals surface area contributed by atoms with Crippen molar-refractivity contribution in [1.82, 2.24) is 4.90 Å². The molecule has 0 aliphatic carbocycles. The predicted octanol–water partition coefficient (Wildman–Crippen LogP) is 5.01. The molecule has 4 heteroatoms. The number of quaternary nitrogens is 1. The molecule has 26 heavy (non-hydrogen) atoms. The first kappa shape index (κ1) is 29.1. The van der Waals surface area contributed by atoms with E-state index in [1.165, 1.54) is 4.90 Å². The summed E-state index contributed by atoms with van der Waals surface area (Å²) in [5, 5.41) is 0. The molecule has 1 aliphatic heterocycles. The molecular weight excluding hydrogens is 324 g/mol. The van der Waals surface area contributed by atoms with Gasteiger partial charge in [-0.05, 0) is 17.9 Å². The number of hydrogen-bond donors (Lipinski definition) is 0. The Labute approximate surface area is 162 Å². The summed E-state index contributed by atoms with van der Waals surface area (Å²) in [4.78, 5) is 26.9. The minimum absolute atomic E-state index is 0. The molecule has 1 heterocycles. The van der Waals surface area contributed by atoms with Crippen molar-refractivity contribution < 1.29 is 14.1 Å². The van der Waals surface area contributed by atoms with E-state index in [9.17, 15) is 9.59 Å². The van der Waals surface area contributed by atoms with Crippen LogP contribution in [0.3, 0.4) is 0 Å². The van der Waals surface area contributed by atoms with Crippen LogP contribution in [-0.2, 0) is 9.59 Å². The van der Waals surface area contributed by atoms with Gasteiger partial charge in [-0.3, -0.25) is 9.59 Å². The van der Waals surface area contributed by atoms with E-state index in [1.807, 2.05) is 46.3 Å². The largest absolute Gasteiger partial charge is 0.313 e. The second-order valence-electron chi connectivity index (χ2n) is 7.28. The lowest BCUT2D eigenvalue weighted by Gasteiger charge is -2.29. The Morgan fingerprint density at radius 2 is 1.46 bits per heavy atom. The van der Waals surface area contributed by atoms with Crippen LogP contribution in [0.2, 0.25) is 0 Å². The second-order valence-corrected chi connectivity index (χ2v) is 7.28. The Balaban J connectivity index is -0.00000132. The number of benzene rings is 1. The van der Waals surface area contributed by atoms with Crippen LogP contribution in [0, 0.1) is 11.8 Å². The van der Waals surface area contributed by atoms with E-state index in [4.69, 9.17) is 0 Å². The summed E-state index contributed by atoms with van der Waals surface area (Å²) in [6.07, 6.45) is 0.857. The van der Waals surface area contributed by atoms with E-state index in [2.05, 4.69) is 19.1 Å². The topological polar surface area (TPSA) is 37.4 Å². The maximum atomic E-state index is 12.9. The number of hydrogen-bond acceptors (Lipinski definition) is 2. The lowest BCUT2D eigenvalue weighted by atomic mass is 9.78. The summed E-state index contributed by atoms with van der Waals surface area (Å²) >= 11 is 0. The number of carbonyl (C=O) groups is 2. The van der Waals surface area contributed by atoms with E-state index in [-0.39, 0.29) is 59.3 Å². The Morgan fingerprint density at radius 1 is 0.962 bits per heavy atom. The van der Waals surface area contributed by atoms with Gasteiger partial charge in [0.05, 0.1) is 27.1 Å². The van der Waals surface area contributed by atoms with Gasteiger partial charge in [0.25, 0.3) is 0 Å². The monoisotopic (exact) mass is 367 g/mol. The van der Waals surface area contributed by atoms with Crippen LogP contribution >= 0.6 is 0 Å². The number of rotatable bonds is 5. The van der Waals surface area contributed by atoms with Crippen LogP contribution in [0.25, 0.3) is 0 Å². The number of likely N-dealkylation sites (tertiary alicyclic amines) is 1. The molecule has 1 saturated heterocycles. The van der Waals surface area contributed by atoms with Gasteiger partial charge in [0.15, 0.2) is 6.67 Å². The van der Waals surface area contributed by atoms with Crippen molar-refractivity contribution >= 4 is 11.8 Å². The number of amides is 2. The van der Waals surface area contributed by atoms with Crippen molar-refractivity contribution in [2.24, 2.45) is 11.8 Å². The van der Waals surface area contributed by atoms with Crippen LogP contribution in [0.1, 0.15) is 61.5 Å². The molecular formula is C22H43N2O2+. The van der Waals surface area contributed by atoms with Gasteiger partial charge in [0, 0.05) is 5.92 Å². The predicted molar refractivity (Wildman–Crippen MR) is 114 cm³/mol. The van der Waals surface area contributed by atoms with Gasteiger partial charge in [-0.15, -0.1) is 0 Å². The quantitative estimate of drug-likeness (QED) is 0.542. The molecule has 0 saturated carbocycles. The summed E-state index contributed by atoms with van der Waals surface area (Å²) in [6.45, 7) is 4.42. The molecule has 3 atom stereocenters. The summed E-state index contributed by atoms with van der Waals surface area (Å²) < 4.78 is 0.569. The van der Waals surface area contributed by atoms with E-state index >= 15 is 0 Å². The first-order valence-corrected chi connectivity index (χ1v) is 7.97. The Hall–Kier alpha value is -1.68. The van der Waals surface area contributed by atoms with Crippen molar-refractivity contribution in [2.75, 3.05) is 27.8 Å². The first-order chi connectivity index (χ1) is 10.3. The highest BCUT2D eigenvalue weighted by Gasteiger charge is 2.49. The van der Waals surface area contributed by atoms with Crippen molar-refractivity contribution in [3.8, 4) is 0 Å². The fourth-order valence-corrected chi connectivity index (χ4v) is 3.38. The summed E-state index contributed by atoms with van der Waals surface area (Å²) in [6, 6.07) is 10.1. The lowest BCUT2D eigenvalue weighted by Crippen LogP contribution is -2.48. The summed E-state index contributed by atoms with van der Waals surface area (Å²) in [5.41, 5.74) is 1.15. The zero-order valence-corrected chi connectivity index (χ0v) is 14.2. The molecule has 0 aromatic heterocycles. The van der Waals surface area contributed by atoms with Crippen LogP contribution in [0.15, 0.2) is 30.3 Å². The molecule has 1 aromatic carbocycles. The normalized spacial score (nSPS) is 20.3. The third-order valence-corrected chi connectivity index (χ3v) is 4.41. The summed E-state index contributed by atoms with van der Waals surface area (Å²) in [7, 11) is 5.98. The molecule has 0 bridgehead atoms. The Bertz CT molecular complexity index is 549. The van der Waals surface area contributed by atoms with Crippen molar-refractivity contribution in [3.05, 3.63) is 35.9 Å². The maximum absolute atomic E-state index is 12.9. The average molecular weight is 368 g/mol. The van der Waals surface area contributed by atoms with E-state index in [0.29, 0.717) is 11.2 Å². The molecule has 0 radical (unpaired) electrons. The molecule has 2 amide bonds. The molecule has 4 nitrogen and oxygen atoms in total. The minimum Gasteiger partial charge on any atom is -0.313 e. The lowest BCUT2D eigenvalue weighted by molar-refractivity contribution is -0.877. The van der Waals surface area contributed by atoms with Gasteiger partial charge in [0.2, 0.25) is 11.8 Å². The zero-order chi connectivity index (χ0) is 16.5.